The van der Waals surface area contributed by atoms with Gasteiger partial charge < -0.3 is 9.84 Å². The van der Waals surface area contributed by atoms with Crippen molar-refractivity contribution in [2.45, 2.75) is 51.8 Å². The van der Waals surface area contributed by atoms with E-state index in [0.717, 1.165) is 36.0 Å². The largest absolute Gasteiger partial charge is 0.508 e. The Morgan fingerprint density at radius 2 is 1.54 bits per heavy atom. The Morgan fingerprint density at radius 3 is 2.12 bits per heavy atom. The molecule has 2 aromatic rings. The molecule has 3 heteroatoms. The zero-order valence-corrected chi connectivity index (χ0v) is 14.5. The summed E-state index contributed by atoms with van der Waals surface area (Å²) in [5.74, 6) is 0.261. The number of halogens is 1. The van der Waals surface area contributed by atoms with Crippen molar-refractivity contribution in [3.63, 3.8) is 0 Å². The number of unbranched alkanes of at least 4 members (excludes halogenated alkanes) is 2. The van der Waals surface area contributed by atoms with E-state index < -0.39 is 6.17 Å². The van der Waals surface area contributed by atoms with Crippen molar-refractivity contribution < 1.29 is 14.2 Å². The van der Waals surface area contributed by atoms with Crippen LogP contribution in [0.2, 0.25) is 0 Å². The lowest BCUT2D eigenvalue weighted by Crippen LogP contribution is -2.12. The van der Waals surface area contributed by atoms with Crippen LogP contribution in [0.25, 0.3) is 11.1 Å². The molecule has 130 valence electrons. The molecular weight excluding hydrogens is 303 g/mol. The first-order valence-corrected chi connectivity index (χ1v) is 8.75. The number of phenolic OH excluding ortho intramolecular Hbond substituents is 1. The summed E-state index contributed by atoms with van der Waals surface area (Å²) in [6, 6.07) is 15.2. The van der Waals surface area contributed by atoms with Crippen molar-refractivity contribution >= 4 is 0 Å². The number of benzene rings is 2. The number of phenols is 1. The highest BCUT2D eigenvalue weighted by atomic mass is 19.1. The van der Waals surface area contributed by atoms with Crippen LogP contribution in [-0.2, 0) is 4.74 Å². The van der Waals surface area contributed by atoms with Gasteiger partial charge in [0.25, 0.3) is 0 Å². The minimum Gasteiger partial charge on any atom is -0.508 e. The topological polar surface area (TPSA) is 29.5 Å². The molecule has 2 atom stereocenters. The van der Waals surface area contributed by atoms with Crippen molar-refractivity contribution in [2.75, 3.05) is 6.61 Å². The van der Waals surface area contributed by atoms with Crippen LogP contribution < -0.4 is 0 Å². The summed E-state index contributed by atoms with van der Waals surface area (Å²) >= 11 is 0. The van der Waals surface area contributed by atoms with Gasteiger partial charge in [-0.2, -0.15) is 0 Å². The molecule has 0 aliphatic carbocycles. The highest BCUT2D eigenvalue weighted by Crippen LogP contribution is 2.25. The maximum atomic E-state index is 13.8. The lowest BCUT2D eigenvalue weighted by molar-refractivity contribution is 0.0248. The SMILES string of the molecule is CCCCC[C@H](F)COC(C)c1ccc(-c2ccc(O)cc2)cc1. The van der Waals surface area contributed by atoms with E-state index in [-0.39, 0.29) is 18.5 Å². The number of ether oxygens (including phenoxy) is 1. The Hall–Kier alpha value is -1.87. The second-order valence-corrected chi connectivity index (χ2v) is 6.24. The lowest BCUT2D eigenvalue weighted by atomic mass is 10.0. The summed E-state index contributed by atoms with van der Waals surface area (Å²) < 4.78 is 19.4. The van der Waals surface area contributed by atoms with Crippen molar-refractivity contribution in [1.29, 1.82) is 0 Å². The van der Waals surface area contributed by atoms with Gasteiger partial charge >= 0.3 is 0 Å². The third kappa shape index (κ3) is 5.64. The maximum absolute atomic E-state index is 13.8. The standard InChI is InChI=1S/C21H27FO2/c1-3-4-5-6-20(22)15-24-16(2)17-7-9-18(10-8-17)19-11-13-21(23)14-12-19/h7-14,16,20,23H,3-6,15H2,1-2H3/t16?,20-/m0/s1. The van der Waals surface area contributed by atoms with Crippen LogP contribution in [-0.4, -0.2) is 17.9 Å². The Kier molecular flexibility index (Phi) is 7.26. The second kappa shape index (κ2) is 9.43. The van der Waals surface area contributed by atoms with E-state index in [4.69, 9.17) is 4.74 Å². The maximum Gasteiger partial charge on any atom is 0.123 e. The predicted octanol–water partition coefficient (Wildman–Crippen LogP) is 6.06. The van der Waals surface area contributed by atoms with E-state index in [2.05, 4.69) is 6.92 Å². The zero-order chi connectivity index (χ0) is 17.4. The van der Waals surface area contributed by atoms with Crippen LogP contribution in [0.3, 0.4) is 0 Å². The first-order valence-electron chi connectivity index (χ1n) is 8.75. The molecule has 0 heterocycles. The third-order valence-corrected chi connectivity index (χ3v) is 4.23. The Bertz CT molecular complexity index is 592. The Morgan fingerprint density at radius 1 is 0.958 bits per heavy atom. The van der Waals surface area contributed by atoms with E-state index in [1.165, 1.54) is 0 Å². The molecule has 24 heavy (non-hydrogen) atoms. The number of rotatable bonds is 9. The molecule has 2 rings (SSSR count). The molecule has 1 N–H and O–H groups in total. The Labute approximate surface area is 144 Å². The van der Waals surface area contributed by atoms with Gasteiger partial charge in [0, 0.05) is 0 Å². The number of aromatic hydroxyl groups is 1. The van der Waals surface area contributed by atoms with Gasteiger partial charge in [-0.05, 0) is 42.2 Å². The van der Waals surface area contributed by atoms with Gasteiger partial charge in [-0.15, -0.1) is 0 Å². The average molecular weight is 330 g/mol. The number of hydrogen-bond acceptors (Lipinski definition) is 2. The molecule has 0 amide bonds. The van der Waals surface area contributed by atoms with E-state index in [9.17, 15) is 9.50 Å². The van der Waals surface area contributed by atoms with Crippen molar-refractivity contribution in [1.82, 2.24) is 0 Å². The van der Waals surface area contributed by atoms with Crippen molar-refractivity contribution in [3.05, 3.63) is 54.1 Å². The quantitative estimate of drug-likeness (QED) is 0.567. The van der Waals surface area contributed by atoms with Gasteiger partial charge in [0.05, 0.1) is 12.7 Å². The molecule has 0 aliphatic rings. The highest BCUT2D eigenvalue weighted by molar-refractivity contribution is 5.64. The minimum atomic E-state index is -0.879. The molecule has 1 unspecified atom stereocenters. The molecule has 0 saturated carbocycles. The molecule has 2 nitrogen and oxygen atoms in total. The van der Waals surface area contributed by atoms with Gasteiger partial charge in [-0.25, -0.2) is 4.39 Å². The molecule has 0 aliphatic heterocycles. The number of hydrogen-bond donors (Lipinski definition) is 1. The van der Waals surface area contributed by atoms with E-state index in [1.54, 1.807) is 12.1 Å². The highest BCUT2D eigenvalue weighted by Gasteiger charge is 2.11. The van der Waals surface area contributed by atoms with Crippen LogP contribution in [0.5, 0.6) is 5.75 Å². The molecule has 0 fully saturated rings. The van der Waals surface area contributed by atoms with Gasteiger partial charge in [0.15, 0.2) is 0 Å². The second-order valence-electron chi connectivity index (χ2n) is 6.24. The van der Waals surface area contributed by atoms with Crippen LogP contribution in [0, 0.1) is 0 Å². The molecule has 0 bridgehead atoms. The summed E-state index contributed by atoms with van der Waals surface area (Å²) in [5.41, 5.74) is 3.17. The molecule has 0 saturated heterocycles. The van der Waals surface area contributed by atoms with Crippen LogP contribution in [0.1, 0.15) is 51.2 Å². The summed E-state index contributed by atoms with van der Waals surface area (Å²) in [6.07, 6.45) is 2.70. The Balaban J connectivity index is 1.86. The van der Waals surface area contributed by atoms with Crippen molar-refractivity contribution in [3.8, 4) is 16.9 Å². The monoisotopic (exact) mass is 330 g/mol. The van der Waals surface area contributed by atoms with Gasteiger partial charge in [0.2, 0.25) is 0 Å². The fraction of sp³-hybridized carbons (Fsp3) is 0.429. The smallest absolute Gasteiger partial charge is 0.123 e. The average Bonchev–Trinajstić information content (AvgIpc) is 2.61. The van der Waals surface area contributed by atoms with Gasteiger partial charge in [-0.1, -0.05) is 62.6 Å². The molecule has 2 aromatic carbocycles. The first-order chi connectivity index (χ1) is 11.6. The molecule has 0 spiro atoms. The summed E-state index contributed by atoms with van der Waals surface area (Å²) in [7, 11) is 0. The number of alkyl halides is 1. The fourth-order valence-corrected chi connectivity index (χ4v) is 2.64. The van der Waals surface area contributed by atoms with Gasteiger partial charge in [-0.3, -0.25) is 0 Å². The first kappa shape index (κ1) is 18.5. The van der Waals surface area contributed by atoms with Crippen LogP contribution >= 0.6 is 0 Å². The van der Waals surface area contributed by atoms with E-state index in [0.29, 0.717) is 6.42 Å². The third-order valence-electron chi connectivity index (χ3n) is 4.23. The van der Waals surface area contributed by atoms with E-state index >= 15 is 0 Å². The summed E-state index contributed by atoms with van der Waals surface area (Å²) in [4.78, 5) is 0. The minimum absolute atomic E-state index is 0.122. The normalized spacial score (nSPS) is 13.6. The molecule has 0 aromatic heterocycles. The zero-order valence-electron chi connectivity index (χ0n) is 14.5. The van der Waals surface area contributed by atoms with Gasteiger partial charge in [0.1, 0.15) is 11.9 Å². The summed E-state index contributed by atoms with van der Waals surface area (Å²) in [5, 5.41) is 9.35. The van der Waals surface area contributed by atoms with Crippen LogP contribution in [0.15, 0.2) is 48.5 Å². The predicted molar refractivity (Wildman–Crippen MR) is 96.9 cm³/mol. The molecular formula is C21H27FO2. The summed E-state index contributed by atoms with van der Waals surface area (Å²) in [6.45, 7) is 4.23. The molecule has 0 radical (unpaired) electrons. The lowest BCUT2D eigenvalue weighted by Gasteiger charge is -2.16. The van der Waals surface area contributed by atoms with E-state index in [1.807, 2.05) is 43.3 Å². The van der Waals surface area contributed by atoms with Crippen molar-refractivity contribution in [2.24, 2.45) is 0 Å². The fourth-order valence-electron chi connectivity index (χ4n) is 2.64. The van der Waals surface area contributed by atoms with Crippen LogP contribution in [0.4, 0.5) is 4.39 Å².